The van der Waals surface area contributed by atoms with E-state index in [0.29, 0.717) is 6.42 Å². The second-order valence-corrected chi connectivity index (χ2v) is 17.8. The van der Waals surface area contributed by atoms with Gasteiger partial charge in [0.2, 0.25) is 0 Å². The van der Waals surface area contributed by atoms with Crippen LogP contribution in [0.3, 0.4) is 0 Å². The molecule has 4 saturated heterocycles. The third-order valence-corrected chi connectivity index (χ3v) is 12.8. The number of rotatable bonds is 20. The predicted molar refractivity (Wildman–Crippen MR) is 209 cm³/mol. The highest BCUT2D eigenvalue weighted by atomic mass is 79.9. The summed E-state index contributed by atoms with van der Waals surface area (Å²) in [7, 11) is 0. The molecular weight excluding hydrogens is 760 g/mol. The Balaban J connectivity index is 1.12. The number of unbranched alkanes of at least 4 members (excludes halogenated alkanes) is 1. The molecule has 5 fully saturated rings. The van der Waals surface area contributed by atoms with Crippen molar-refractivity contribution in [1.82, 2.24) is 0 Å². The Labute approximate surface area is 329 Å². The molecule has 298 valence electrons. The summed E-state index contributed by atoms with van der Waals surface area (Å²) in [5, 5.41) is 0. The number of ether oxygens (including phenoxy) is 8. The minimum Gasteiger partial charge on any atom is -0.353 e. The van der Waals surface area contributed by atoms with Crippen molar-refractivity contribution < 1.29 is 42.7 Å². The largest absolute Gasteiger partial charge is 0.353 e. The Morgan fingerprint density at radius 3 is 2.08 bits per heavy atom. The zero-order chi connectivity index (χ0) is 36.5. The third kappa shape index (κ3) is 14.5. The van der Waals surface area contributed by atoms with Crippen LogP contribution in [-0.2, 0) is 49.1 Å². The van der Waals surface area contributed by atoms with Crippen LogP contribution < -0.4 is 0 Å². The number of halogens is 1. The van der Waals surface area contributed by atoms with Crippen LogP contribution in [0.2, 0.25) is 0 Å². The van der Waals surface area contributed by atoms with E-state index in [4.69, 9.17) is 37.9 Å². The lowest BCUT2D eigenvalue weighted by molar-refractivity contribution is -0.203. The van der Waals surface area contributed by atoms with E-state index >= 15 is 0 Å². The number of hydrogen-bond donors (Lipinski definition) is 0. The predicted octanol–water partition coefficient (Wildman–Crippen LogP) is 9.60. The molecule has 0 spiro atoms. The molecule has 5 unspecified atom stereocenters. The molecule has 6 rings (SSSR count). The van der Waals surface area contributed by atoms with Crippen molar-refractivity contribution in [2.45, 2.75) is 165 Å². The fraction of sp³-hybridized carbons (Fsp3) is 0.786. The maximum atomic E-state index is 12.5. The highest BCUT2D eigenvalue weighted by Gasteiger charge is 2.45. The Hall–Kier alpha value is -0.990. The second-order valence-electron chi connectivity index (χ2n) is 15.3. The number of hydrogen-bond acceptors (Lipinski definition) is 10. The number of carbonyl (C=O) groups is 1. The van der Waals surface area contributed by atoms with Crippen LogP contribution in [0.4, 0.5) is 0 Å². The van der Waals surface area contributed by atoms with Crippen LogP contribution in [0.5, 0.6) is 0 Å². The number of aryl methyl sites for hydroxylation is 1. The molecule has 0 N–H and O–H groups in total. The first-order valence-corrected chi connectivity index (χ1v) is 22.3. The first kappa shape index (κ1) is 41.6. The molecule has 53 heavy (non-hydrogen) atoms. The Morgan fingerprint density at radius 2 is 1.45 bits per heavy atom. The highest BCUT2D eigenvalue weighted by molar-refractivity contribution is 9.11. The maximum Gasteiger partial charge on any atom is 0.158 e. The second kappa shape index (κ2) is 23.3. The van der Waals surface area contributed by atoms with E-state index in [1.165, 1.54) is 4.88 Å². The van der Waals surface area contributed by atoms with Crippen LogP contribution in [0.1, 0.15) is 120 Å². The van der Waals surface area contributed by atoms with Gasteiger partial charge in [0.15, 0.2) is 30.9 Å². The molecule has 9 atom stereocenters. The van der Waals surface area contributed by atoms with Crippen molar-refractivity contribution in [3.63, 3.8) is 0 Å². The van der Waals surface area contributed by atoms with Gasteiger partial charge in [-0.2, -0.15) is 0 Å². The van der Waals surface area contributed by atoms with Gasteiger partial charge in [-0.05, 0) is 143 Å². The minimum atomic E-state index is -0.224. The van der Waals surface area contributed by atoms with E-state index in [0.717, 1.165) is 146 Å². The molecule has 1 saturated carbocycles. The van der Waals surface area contributed by atoms with E-state index in [1.807, 2.05) is 0 Å². The number of thiophene rings is 1. The molecular formula is C42H63BrO9S. The summed E-state index contributed by atoms with van der Waals surface area (Å²) < 4.78 is 51.0. The summed E-state index contributed by atoms with van der Waals surface area (Å²) in [4.78, 5) is 13.8. The highest BCUT2D eigenvalue weighted by Crippen LogP contribution is 2.42. The van der Waals surface area contributed by atoms with Crippen LogP contribution in [0.25, 0.3) is 0 Å². The standard InChI is InChI=1S/C42H63BrO9S/c43-38-24-22-33(53-38)21-19-32(50-40-16-6-10-26-46-40)20-23-35-34(14-4-2-1-3-13-31(44)30-49-39-15-5-9-25-45-39)36(51-41-17-7-11-27-47-41)29-37(35)52-42-18-8-12-28-48-42/h2,4,20,22-24,32,34-37,39-42H,1,3,5-19,21,25-30H2/t32?,34-,35-,36+,37-,39?,40?,41?,42?/m1/s1. The fourth-order valence-electron chi connectivity index (χ4n) is 8.12. The van der Waals surface area contributed by atoms with Crippen molar-refractivity contribution in [3.05, 3.63) is 45.1 Å². The normalized spacial score (nSPS) is 32.1. The average Bonchev–Trinajstić information content (AvgIpc) is 3.76. The first-order chi connectivity index (χ1) is 26.1. The molecule has 4 aliphatic heterocycles. The minimum absolute atomic E-state index is 0.00348. The van der Waals surface area contributed by atoms with Crippen LogP contribution in [-0.4, -0.2) is 82.3 Å². The fourth-order valence-corrected chi connectivity index (χ4v) is 9.62. The van der Waals surface area contributed by atoms with E-state index < -0.39 is 0 Å². The van der Waals surface area contributed by atoms with Gasteiger partial charge < -0.3 is 37.9 Å². The number of ketones is 1. The van der Waals surface area contributed by atoms with Crippen molar-refractivity contribution in [2.75, 3.05) is 33.0 Å². The summed E-state index contributed by atoms with van der Waals surface area (Å²) >= 11 is 5.41. The van der Waals surface area contributed by atoms with Gasteiger partial charge in [0.05, 0.1) is 22.1 Å². The molecule has 9 nitrogen and oxygen atoms in total. The molecule has 1 aromatic rings. The summed E-state index contributed by atoms with van der Waals surface area (Å²) in [6, 6.07) is 4.32. The molecule has 5 heterocycles. The van der Waals surface area contributed by atoms with Gasteiger partial charge >= 0.3 is 0 Å². The lowest BCUT2D eigenvalue weighted by Gasteiger charge is -2.30. The Morgan fingerprint density at radius 1 is 0.811 bits per heavy atom. The maximum absolute atomic E-state index is 12.5. The Kier molecular flexibility index (Phi) is 18.3. The van der Waals surface area contributed by atoms with Crippen molar-refractivity contribution in [1.29, 1.82) is 0 Å². The van der Waals surface area contributed by atoms with Gasteiger partial charge in [0.1, 0.15) is 6.61 Å². The molecule has 5 aliphatic rings. The summed E-state index contributed by atoms with van der Waals surface area (Å²) in [6.45, 7) is 3.12. The van der Waals surface area contributed by atoms with Crippen molar-refractivity contribution in [2.24, 2.45) is 11.8 Å². The van der Waals surface area contributed by atoms with Crippen LogP contribution in [0, 0.1) is 11.8 Å². The zero-order valence-corrected chi connectivity index (χ0v) is 34.0. The number of Topliss-reactive ketones (excluding diaryl/α,β-unsaturated/α-hetero) is 1. The topological polar surface area (TPSA) is 90.9 Å². The average molecular weight is 824 g/mol. The van der Waals surface area contributed by atoms with E-state index in [1.54, 1.807) is 11.3 Å². The molecule has 0 radical (unpaired) electrons. The zero-order valence-electron chi connectivity index (χ0n) is 31.6. The van der Waals surface area contributed by atoms with E-state index in [-0.39, 0.29) is 67.7 Å². The lowest BCUT2D eigenvalue weighted by atomic mass is 9.89. The van der Waals surface area contributed by atoms with Crippen LogP contribution >= 0.6 is 27.3 Å². The third-order valence-electron chi connectivity index (χ3n) is 11.1. The monoisotopic (exact) mass is 822 g/mol. The smallest absolute Gasteiger partial charge is 0.158 e. The lowest BCUT2D eigenvalue weighted by Crippen LogP contribution is -2.31. The molecule has 0 bridgehead atoms. The summed E-state index contributed by atoms with van der Waals surface area (Å²) in [6.07, 6.45) is 26.4. The van der Waals surface area contributed by atoms with Gasteiger partial charge in [0.25, 0.3) is 0 Å². The van der Waals surface area contributed by atoms with E-state index in [9.17, 15) is 4.79 Å². The van der Waals surface area contributed by atoms with E-state index in [2.05, 4.69) is 52.4 Å². The molecule has 1 aromatic heterocycles. The van der Waals surface area contributed by atoms with Crippen molar-refractivity contribution >= 4 is 33.0 Å². The van der Waals surface area contributed by atoms with Gasteiger partial charge in [-0.25, -0.2) is 0 Å². The molecule has 0 amide bonds. The summed E-state index contributed by atoms with van der Waals surface area (Å²) in [5.41, 5.74) is 0. The number of carbonyl (C=O) groups excluding carboxylic acids is 1. The molecule has 1 aliphatic carbocycles. The first-order valence-electron chi connectivity index (χ1n) is 20.7. The van der Waals surface area contributed by atoms with Gasteiger partial charge in [-0.3, -0.25) is 4.79 Å². The summed E-state index contributed by atoms with van der Waals surface area (Å²) in [5.74, 6) is 0.460. The van der Waals surface area contributed by atoms with Crippen molar-refractivity contribution in [3.8, 4) is 0 Å². The van der Waals surface area contributed by atoms with Gasteiger partial charge in [-0.1, -0.05) is 24.3 Å². The quantitative estimate of drug-likeness (QED) is 0.0943. The SMILES string of the molecule is O=C(CCCC=CC[C@@H]1[C@@H](C=CC(CCc2ccc(Br)s2)OC2CCCCO2)[C@H](OC2CCCCO2)C[C@@H]1OC1CCCCO1)COC1CCCCO1. The van der Waals surface area contributed by atoms with Gasteiger partial charge in [0, 0.05) is 50.1 Å². The molecule has 11 heteroatoms. The van der Waals surface area contributed by atoms with Gasteiger partial charge in [-0.15, -0.1) is 11.3 Å². The molecule has 0 aromatic carbocycles. The Bertz CT molecular complexity index is 1230. The van der Waals surface area contributed by atoms with Crippen LogP contribution in [0.15, 0.2) is 40.2 Å². The number of allylic oxidation sites excluding steroid dienone is 2.